The number of amides is 1. The van der Waals surface area contributed by atoms with E-state index >= 15 is 0 Å². The fourth-order valence-electron chi connectivity index (χ4n) is 2.85. The van der Waals surface area contributed by atoms with Crippen LogP contribution in [0.2, 0.25) is 0 Å². The minimum Gasteiger partial charge on any atom is -0.354 e. The number of anilines is 1. The van der Waals surface area contributed by atoms with E-state index in [0.29, 0.717) is 12.1 Å². The second-order valence-electron chi connectivity index (χ2n) is 6.35. The van der Waals surface area contributed by atoms with Crippen LogP contribution in [-0.4, -0.2) is 54.6 Å². The maximum absolute atomic E-state index is 11.8. The first-order chi connectivity index (χ1) is 10.9. The average Bonchev–Trinajstić information content (AvgIpc) is 2.46. The number of aryl methyl sites for hydroxylation is 2. The van der Waals surface area contributed by atoms with Crippen LogP contribution in [0.3, 0.4) is 0 Å². The summed E-state index contributed by atoms with van der Waals surface area (Å²) < 4.78 is 0. The van der Waals surface area contributed by atoms with Gasteiger partial charge in [0.15, 0.2) is 0 Å². The van der Waals surface area contributed by atoms with Crippen LogP contribution >= 0.6 is 0 Å². The zero-order valence-electron chi connectivity index (χ0n) is 14.4. The lowest BCUT2D eigenvalue weighted by Gasteiger charge is -2.35. The summed E-state index contributed by atoms with van der Waals surface area (Å²) in [6, 6.07) is 4.36. The van der Waals surface area contributed by atoms with Gasteiger partial charge in [-0.3, -0.25) is 9.69 Å². The van der Waals surface area contributed by atoms with Gasteiger partial charge in [-0.1, -0.05) is 0 Å². The van der Waals surface area contributed by atoms with Gasteiger partial charge in [-0.25, -0.2) is 4.98 Å². The first-order valence-electron chi connectivity index (χ1n) is 8.05. The van der Waals surface area contributed by atoms with Gasteiger partial charge in [0.1, 0.15) is 11.9 Å². The first-order valence-corrected chi connectivity index (χ1v) is 8.05. The third-order valence-electron chi connectivity index (χ3n) is 4.01. The Bertz CT molecular complexity index is 589. The number of hydrogen-bond donors (Lipinski definition) is 1. The highest BCUT2D eigenvalue weighted by Crippen LogP contribution is 2.20. The van der Waals surface area contributed by atoms with Gasteiger partial charge in [0.25, 0.3) is 0 Å². The van der Waals surface area contributed by atoms with E-state index < -0.39 is 0 Å². The summed E-state index contributed by atoms with van der Waals surface area (Å²) in [5.74, 6) is 1.00. The number of piperazine rings is 1. The molecule has 1 saturated heterocycles. The Morgan fingerprint density at radius 2 is 2.00 bits per heavy atom. The average molecular weight is 315 g/mol. The predicted octanol–water partition coefficient (Wildman–Crippen LogP) is 1.22. The summed E-state index contributed by atoms with van der Waals surface area (Å²) in [5.41, 5.74) is 2.41. The minimum absolute atomic E-state index is 0.0802. The maximum atomic E-state index is 11.8. The van der Waals surface area contributed by atoms with Crippen LogP contribution in [0.4, 0.5) is 5.82 Å². The number of nitrogens with zero attached hydrogens (tertiary/aromatic N) is 4. The third kappa shape index (κ3) is 4.42. The summed E-state index contributed by atoms with van der Waals surface area (Å²) in [4.78, 5) is 20.8. The molecule has 0 saturated carbocycles. The fourth-order valence-corrected chi connectivity index (χ4v) is 2.85. The van der Waals surface area contributed by atoms with Gasteiger partial charge in [-0.2, -0.15) is 5.26 Å². The van der Waals surface area contributed by atoms with Crippen molar-refractivity contribution in [3.05, 3.63) is 22.9 Å². The molecule has 1 amide bonds. The summed E-state index contributed by atoms with van der Waals surface area (Å²) in [6.45, 7) is 11.6. The van der Waals surface area contributed by atoms with Crippen molar-refractivity contribution >= 4 is 11.7 Å². The third-order valence-corrected chi connectivity index (χ3v) is 4.01. The van der Waals surface area contributed by atoms with Crippen molar-refractivity contribution in [2.75, 3.05) is 37.6 Å². The molecule has 0 atom stereocenters. The molecule has 124 valence electrons. The highest BCUT2D eigenvalue weighted by molar-refractivity contribution is 5.78. The van der Waals surface area contributed by atoms with Crippen molar-refractivity contribution in [2.24, 2.45) is 0 Å². The fraction of sp³-hybridized carbons (Fsp3) is 0.588. The number of nitrogens with one attached hydrogen (secondary N) is 1. The predicted molar refractivity (Wildman–Crippen MR) is 90.4 cm³/mol. The van der Waals surface area contributed by atoms with Gasteiger partial charge in [-0.15, -0.1) is 0 Å². The van der Waals surface area contributed by atoms with E-state index in [1.165, 1.54) is 0 Å². The summed E-state index contributed by atoms with van der Waals surface area (Å²) in [6.07, 6.45) is 0. The van der Waals surface area contributed by atoms with Crippen LogP contribution in [0.1, 0.15) is 30.7 Å². The van der Waals surface area contributed by atoms with Crippen molar-refractivity contribution in [2.45, 2.75) is 33.7 Å². The van der Waals surface area contributed by atoms with E-state index in [0.717, 1.165) is 43.3 Å². The van der Waals surface area contributed by atoms with Gasteiger partial charge in [0.2, 0.25) is 5.91 Å². The molecule has 23 heavy (non-hydrogen) atoms. The largest absolute Gasteiger partial charge is 0.354 e. The van der Waals surface area contributed by atoms with Crippen LogP contribution in [0.5, 0.6) is 0 Å². The maximum Gasteiger partial charge on any atom is 0.234 e. The lowest BCUT2D eigenvalue weighted by molar-refractivity contribution is -0.122. The van der Waals surface area contributed by atoms with E-state index in [1.54, 1.807) is 0 Å². The molecule has 6 heteroatoms. The van der Waals surface area contributed by atoms with Crippen molar-refractivity contribution in [3.63, 3.8) is 0 Å². The summed E-state index contributed by atoms with van der Waals surface area (Å²) >= 11 is 0. The molecule has 2 rings (SSSR count). The second kappa shape index (κ2) is 7.42. The van der Waals surface area contributed by atoms with Crippen molar-refractivity contribution in [1.82, 2.24) is 15.2 Å². The monoisotopic (exact) mass is 315 g/mol. The normalized spacial score (nSPS) is 15.6. The summed E-state index contributed by atoms with van der Waals surface area (Å²) in [7, 11) is 0. The van der Waals surface area contributed by atoms with Crippen LogP contribution in [-0.2, 0) is 4.79 Å². The highest BCUT2D eigenvalue weighted by Gasteiger charge is 2.21. The van der Waals surface area contributed by atoms with E-state index in [9.17, 15) is 4.79 Å². The van der Waals surface area contributed by atoms with Crippen molar-refractivity contribution < 1.29 is 4.79 Å². The Morgan fingerprint density at radius 1 is 1.35 bits per heavy atom. The molecule has 0 aromatic carbocycles. The highest BCUT2D eigenvalue weighted by atomic mass is 16.2. The molecule has 2 heterocycles. The van der Waals surface area contributed by atoms with E-state index in [4.69, 9.17) is 5.26 Å². The Kier molecular flexibility index (Phi) is 5.56. The molecular weight excluding hydrogens is 290 g/mol. The van der Waals surface area contributed by atoms with Crippen LogP contribution < -0.4 is 10.2 Å². The van der Waals surface area contributed by atoms with Crippen molar-refractivity contribution in [3.8, 4) is 6.07 Å². The topological polar surface area (TPSA) is 72.3 Å². The number of rotatable bonds is 4. The molecule has 0 unspecified atom stereocenters. The number of aromatic nitrogens is 1. The minimum atomic E-state index is 0.0802. The van der Waals surface area contributed by atoms with Gasteiger partial charge in [0, 0.05) is 32.2 Å². The quantitative estimate of drug-likeness (QED) is 0.904. The molecule has 0 spiro atoms. The number of carbonyl (C=O) groups is 1. The molecular formula is C17H25N5O. The summed E-state index contributed by atoms with van der Waals surface area (Å²) in [5, 5.41) is 12.1. The number of hydrogen-bond acceptors (Lipinski definition) is 5. The lowest BCUT2D eigenvalue weighted by atomic mass is 10.1. The molecule has 0 bridgehead atoms. The van der Waals surface area contributed by atoms with Gasteiger partial charge < -0.3 is 10.2 Å². The Labute approximate surface area is 138 Å². The Morgan fingerprint density at radius 3 is 2.52 bits per heavy atom. The molecule has 1 N–H and O–H groups in total. The van der Waals surface area contributed by atoms with E-state index in [1.807, 2.05) is 33.8 Å². The van der Waals surface area contributed by atoms with E-state index in [2.05, 4.69) is 26.2 Å². The Hall–Kier alpha value is -2.13. The standard InChI is InChI=1S/C17H25N5O/c1-12(2)19-17(23)11-21-5-7-22(8-6-21)16-9-13(3)15(10-18)14(4)20-16/h9,12H,5-8,11H2,1-4H3,(H,19,23). The molecule has 1 aromatic rings. The lowest BCUT2D eigenvalue weighted by Crippen LogP contribution is -2.50. The number of carbonyl (C=O) groups excluding carboxylic acids is 1. The first kappa shape index (κ1) is 17.2. The smallest absolute Gasteiger partial charge is 0.234 e. The SMILES string of the molecule is Cc1cc(N2CCN(CC(=O)NC(C)C)CC2)nc(C)c1C#N. The van der Waals surface area contributed by atoms with Gasteiger partial charge in [-0.05, 0) is 39.3 Å². The number of pyridine rings is 1. The molecule has 1 aliphatic rings. The molecule has 1 aliphatic heterocycles. The van der Waals surface area contributed by atoms with Crippen LogP contribution in [0.25, 0.3) is 0 Å². The molecule has 1 aromatic heterocycles. The zero-order chi connectivity index (χ0) is 17.0. The molecule has 0 radical (unpaired) electrons. The number of nitriles is 1. The van der Waals surface area contributed by atoms with Crippen LogP contribution in [0.15, 0.2) is 6.07 Å². The molecule has 1 fully saturated rings. The van der Waals surface area contributed by atoms with Crippen LogP contribution in [0, 0.1) is 25.2 Å². The van der Waals surface area contributed by atoms with E-state index in [-0.39, 0.29) is 11.9 Å². The Balaban J connectivity index is 1.95. The molecule has 6 nitrogen and oxygen atoms in total. The second-order valence-corrected chi connectivity index (χ2v) is 6.35. The zero-order valence-corrected chi connectivity index (χ0v) is 14.4. The van der Waals surface area contributed by atoms with Gasteiger partial charge in [0.05, 0.1) is 17.8 Å². The van der Waals surface area contributed by atoms with Gasteiger partial charge >= 0.3 is 0 Å². The van der Waals surface area contributed by atoms with Crippen molar-refractivity contribution in [1.29, 1.82) is 5.26 Å². The molecule has 0 aliphatic carbocycles.